The summed E-state index contributed by atoms with van der Waals surface area (Å²) in [7, 11) is 0. The van der Waals surface area contributed by atoms with E-state index in [0.717, 1.165) is 11.1 Å². The normalized spacial score (nSPS) is 18.2. The lowest BCUT2D eigenvalue weighted by molar-refractivity contribution is -0.145. The van der Waals surface area contributed by atoms with Crippen LogP contribution in [-0.2, 0) is 19.0 Å². The molecule has 5 rings (SSSR count). The van der Waals surface area contributed by atoms with Gasteiger partial charge in [-0.15, -0.1) is 11.3 Å². The number of carbonyl (C=O) groups is 3. The molecule has 0 saturated carbocycles. The number of fused-ring (bicyclic) bond motifs is 3. The van der Waals surface area contributed by atoms with Crippen LogP contribution in [0.1, 0.15) is 79.1 Å². The standard InChI is InChI=1S/C31H34N2O6S/c1-5-37-29(35)25-18-40-28(32-25)26-14-19(16-33(26)30(36)39-31(2,3)4)15-27(34)38-17-24-22-12-8-6-10-20(22)21-11-7-9-13-23(21)24/h6-13,18-19,24,26H,5,14-17H2,1-4H3/t19-,26-/m0/s1. The fraction of sp³-hybridized carbons (Fsp3) is 0.419. The smallest absolute Gasteiger partial charge is 0.410 e. The summed E-state index contributed by atoms with van der Waals surface area (Å²) in [4.78, 5) is 44.4. The Morgan fingerprint density at radius 3 is 2.27 bits per heavy atom. The molecular formula is C31H34N2O6S. The largest absolute Gasteiger partial charge is 0.465 e. The summed E-state index contributed by atoms with van der Waals surface area (Å²) in [5.74, 6) is -0.948. The molecule has 40 heavy (non-hydrogen) atoms. The van der Waals surface area contributed by atoms with Crippen LogP contribution in [0.2, 0.25) is 0 Å². The quantitative estimate of drug-likeness (QED) is 0.244. The Morgan fingerprint density at radius 1 is 1.00 bits per heavy atom. The zero-order valence-electron chi connectivity index (χ0n) is 23.2. The van der Waals surface area contributed by atoms with Crippen molar-refractivity contribution in [1.82, 2.24) is 9.88 Å². The van der Waals surface area contributed by atoms with Crippen molar-refractivity contribution in [3.63, 3.8) is 0 Å². The molecule has 2 heterocycles. The first-order valence-corrected chi connectivity index (χ1v) is 14.5. The van der Waals surface area contributed by atoms with Gasteiger partial charge in [0.2, 0.25) is 0 Å². The number of carbonyl (C=O) groups excluding carboxylic acids is 3. The van der Waals surface area contributed by atoms with Crippen LogP contribution >= 0.6 is 11.3 Å². The van der Waals surface area contributed by atoms with E-state index < -0.39 is 23.7 Å². The fourth-order valence-corrected chi connectivity index (χ4v) is 6.39. The van der Waals surface area contributed by atoms with Gasteiger partial charge in [-0.05, 0) is 62.3 Å². The third-order valence-electron chi connectivity index (χ3n) is 7.14. The molecule has 1 fully saturated rings. The van der Waals surface area contributed by atoms with E-state index in [9.17, 15) is 14.4 Å². The number of ether oxygens (including phenoxy) is 3. The molecule has 1 saturated heterocycles. The number of hydrogen-bond donors (Lipinski definition) is 0. The van der Waals surface area contributed by atoms with Crippen LogP contribution in [-0.4, -0.2) is 53.3 Å². The first kappa shape index (κ1) is 27.8. The SMILES string of the molecule is CCOC(=O)c1csc([C@@H]2C[C@@H](CC(=O)OCC3c4ccccc4-c4ccccc43)CN2C(=O)OC(C)(C)C)n1. The number of likely N-dealkylation sites (tertiary alicyclic amines) is 1. The van der Waals surface area contributed by atoms with Gasteiger partial charge in [0.15, 0.2) is 5.69 Å². The van der Waals surface area contributed by atoms with Gasteiger partial charge in [-0.1, -0.05) is 48.5 Å². The summed E-state index contributed by atoms with van der Waals surface area (Å²) in [6.45, 7) is 8.01. The number of amides is 1. The van der Waals surface area contributed by atoms with Crippen molar-refractivity contribution >= 4 is 29.4 Å². The molecule has 2 aliphatic rings. The molecular weight excluding hydrogens is 528 g/mol. The Morgan fingerprint density at radius 2 is 1.65 bits per heavy atom. The fourth-order valence-electron chi connectivity index (χ4n) is 5.48. The molecule has 1 aliphatic carbocycles. The monoisotopic (exact) mass is 562 g/mol. The summed E-state index contributed by atoms with van der Waals surface area (Å²) >= 11 is 1.30. The van der Waals surface area contributed by atoms with Gasteiger partial charge in [-0.3, -0.25) is 9.69 Å². The molecule has 0 bridgehead atoms. The van der Waals surface area contributed by atoms with E-state index in [1.54, 1.807) is 17.2 Å². The maximum Gasteiger partial charge on any atom is 0.410 e. The molecule has 3 aromatic rings. The second-order valence-corrected chi connectivity index (χ2v) is 12.0. The summed E-state index contributed by atoms with van der Waals surface area (Å²) < 4.78 is 16.6. The lowest BCUT2D eigenvalue weighted by atomic mass is 9.98. The van der Waals surface area contributed by atoms with Crippen LogP contribution in [0.5, 0.6) is 0 Å². The molecule has 2 aromatic carbocycles. The van der Waals surface area contributed by atoms with E-state index in [-0.39, 0.29) is 43.1 Å². The molecule has 8 nitrogen and oxygen atoms in total. The Labute approximate surface area is 238 Å². The first-order valence-electron chi connectivity index (χ1n) is 13.6. The van der Waals surface area contributed by atoms with Gasteiger partial charge in [0, 0.05) is 17.8 Å². The lowest BCUT2D eigenvalue weighted by Gasteiger charge is -2.27. The Bertz CT molecular complexity index is 1370. The number of rotatable bonds is 7. The maximum atomic E-state index is 13.1. The van der Waals surface area contributed by atoms with Crippen LogP contribution in [0.3, 0.4) is 0 Å². The second kappa shape index (κ2) is 11.4. The van der Waals surface area contributed by atoms with Gasteiger partial charge in [-0.2, -0.15) is 0 Å². The summed E-state index contributed by atoms with van der Waals surface area (Å²) in [5, 5.41) is 2.25. The zero-order chi connectivity index (χ0) is 28.4. The average Bonchev–Trinajstić information content (AvgIpc) is 3.63. The minimum atomic E-state index is -0.675. The Kier molecular flexibility index (Phi) is 7.94. The van der Waals surface area contributed by atoms with Crippen LogP contribution in [0.25, 0.3) is 11.1 Å². The van der Waals surface area contributed by atoms with E-state index in [1.807, 2.05) is 45.0 Å². The van der Waals surface area contributed by atoms with Crippen molar-refractivity contribution in [2.75, 3.05) is 19.8 Å². The van der Waals surface area contributed by atoms with E-state index in [1.165, 1.54) is 22.5 Å². The number of nitrogens with zero attached hydrogens (tertiary/aromatic N) is 2. The molecule has 210 valence electrons. The first-order chi connectivity index (χ1) is 19.1. The highest BCUT2D eigenvalue weighted by Crippen LogP contribution is 2.45. The molecule has 0 N–H and O–H groups in total. The van der Waals surface area contributed by atoms with Gasteiger partial charge in [0.05, 0.1) is 19.1 Å². The van der Waals surface area contributed by atoms with Crippen LogP contribution in [0, 0.1) is 5.92 Å². The number of esters is 2. The molecule has 1 amide bonds. The third-order valence-corrected chi connectivity index (χ3v) is 8.08. The average molecular weight is 563 g/mol. The van der Waals surface area contributed by atoms with Crippen molar-refractivity contribution in [2.45, 2.75) is 58.1 Å². The highest BCUT2D eigenvalue weighted by molar-refractivity contribution is 7.09. The predicted molar refractivity (Wildman–Crippen MR) is 151 cm³/mol. The minimum Gasteiger partial charge on any atom is -0.465 e. The molecule has 2 atom stereocenters. The predicted octanol–water partition coefficient (Wildman–Crippen LogP) is 6.36. The lowest BCUT2D eigenvalue weighted by Crippen LogP contribution is -2.37. The molecule has 0 spiro atoms. The Hall–Kier alpha value is -3.72. The van der Waals surface area contributed by atoms with Crippen LogP contribution in [0.15, 0.2) is 53.9 Å². The second-order valence-electron chi connectivity index (χ2n) is 11.2. The molecule has 1 aromatic heterocycles. The zero-order valence-corrected chi connectivity index (χ0v) is 24.0. The summed E-state index contributed by atoms with van der Waals surface area (Å²) in [5.41, 5.74) is 4.22. The highest BCUT2D eigenvalue weighted by Gasteiger charge is 2.41. The minimum absolute atomic E-state index is 0.0115. The van der Waals surface area contributed by atoms with E-state index >= 15 is 0 Å². The van der Waals surface area contributed by atoms with Crippen molar-refractivity contribution in [2.24, 2.45) is 5.92 Å². The Balaban J connectivity index is 1.27. The number of hydrogen-bond acceptors (Lipinski definition) is 8. The van der Waals surface area contributed by atoms with Gasteiger partial charge >= 0.3 is 18.0 Å². The summed E-state index contributed by atoms with van der Waals surface area (Å²) in [6.07, 6.45) is 0.210. The molecule has 9 heteroatoms. The van der Waals surface area contributed by atoms with Crippen molar-refractivity contribution < 1.29 is 28.6 Å². The highest BCUT2D eigenvalue weighted by atomic mass is 32.1. The molecule has 0 radical (unpaired) electrons. The number of thiazole rings is 1. The van der Waals surface area contributed by atoms with E-state index in [4.69, 9.17) is 14.2 Å². The van der Waals surface area contributed by atoms with Crippen LogP contribution in [0.4, 0.5) is 4.79 Å². The molecule has 1 aliphatic heterocycles. The van der Waals surface area contributed by atoms with Crippen LogP contribution < -0.4 is 0 Å². The van der Waals surface area contributed by atoms with Crippen molar-refractivity contribution in [3.05, 3.63) is 75.7 Å². The van der Waals surface area contributed by atoms with Gasteiger partial charge in [-0.25, -0.2) is 14.6 Å². The maximum absolute atomic E-state index is 13.1. The number of benzene rings is 2. The van der Waals surface area contributed by atoms with Crippen molar-refractivity contribution in [1.29, 1.82) is 0 Å². The van der Waals surface area contributed by atoms with E-state index in [0.29, 0.717) is 18.0 Å². The third kappa shape index (κ3) is 5.89. The van der Waals surface area contributed by atoms with Gasteiger partial charge in [0.25, 0.3) is 0 Å². The van der Waals surface area contributed by atoms with Gasteiger partial charge < -0.3 is 14.2 Å². The molecule has 0 unspecified atom stereocenters. The van der Waals surface area contributed by atoms with E-state index in [2.05, 4.69) is 29.2 Å². The summed E-state index contributed by atoms with van der Waals surface area (Å²) in [6, 6.07) is 16.0. The van der Waals surface area contributed by atoms with Crippen molar-refractivity contribution in [3.8, 4) is 11.1 Å². The number of aromatic nitrogens is 1. The topological polar surface area (TPSA) is 95.0 Å². The van der Waals surface area contributed by atoms with Gasteiger partial charge in [0.1, 0.15) is 17.2 Å².